The van der Waals surface area contributed by atoms with Crippen molar-refractivity contribution < 1.29 is 9.53 Å². The zero-order valence-corrected chi connectivity index (χ0v) is 10.7. The van der Waals surface area contributed by atoms with Crippen molar-refractivity contribution in [1.29, 1.82) is 5.26 Å². The van der Waals surface area contributed by atoms with Crippen LogP contribution in [0.2, 0.25) is 0 Å². The highest BCUT2D eigenvalue weighted by molar-refractivity contribution is 14.1. The van der Waals surface area contributed by atoms with Crippen molar-refractivity contribution >= 4 is 28.6 Å². The van der Waals surface area contributed by atoms with Crippen LogP contribution >= 0.6 is 22.6 Å². The van der Waals surface area contributed by atoms with Gasteiger partial charge in [-0.2, -0.15) is 5.26 Å². The number of carbonyl (C=O) groups excluding carboxylic acids is 1. The minimum atomic E-state index is -0.428. The Morgan fingerprint density at radius 2 is 2.27 bits per heavy atom. The zero-order chi connectivity index (χ0) is 11.4. The van der Waals surface area contributed by atoms with E-state index in [4.69, 9.17) is 10.00 Å². The van der Waals surface area contributed by atoms with Gasteiger partial charge in [0.2, 0.25) is 0 Å². The van der Waals surface area contributed by atoms with E-state index in [1.165, 1.54) is 0 Å². The van der Waals surface area contributed by atoms with Crippen LogP contribution in [0.1, 0.15) is 28.4 Å². The van der Waals surface area contributed by atoms with Crippen molar-refractivity contribution in [3.63, 3.8) is 0 Å². The minimum absolute atomic E-state index is 0.315. The lowest BCUT2D eigenvalue weighted by atomic mass is 10.0. The number of halogens is 1. The van der Waals surface area contributed by atoms with Crippen LogP contribution in [-0.4, -0.2) is 12.6 Å². The molecule has 0 fully saturated rings. The summed E-state index contributed by atoms with van der Waals surface area (Å²) in [4.78, 5) is 11.6. The van der Waals surface area contributed by atoms with E-state index in [1.54, 1.807) is 19.9 Å². The van der Waals surface area contributed by atoms with E-state index in [2.05, 4.69) is 22.6 Å². The van der Waals surface area contributed by atoms with Crippen LogP contribution < -0.4 is 0 Å². The monoisotopic (exact) mass is 315 g/mol. The van der Waals surface area contributed by atoms with Crippen molar-refractivity contribution in [2.75, 3.05) is 6.61 Å². The Morgan fingerprint density at radius 1 is 1.60 bits per heavy atom. The van der Waals surface area contributed by atoms with Crippen molar-refractivity contribution in [2.45, 2.75) is 13.8 Å². The van der Waals surface area contributed by atoms with E-state index in [0.29, 0.717) is 17.7 Å². The highest BCUT2D eigenvalue weighted by atomic mass is 127. The fourth-order valence-electron chi connectivity index (χ4n) is 1.31. The van der Waals surface area contributed by atoms with Crippen LogP contribution in [0.5, 0.6) is 0 Å². The summed E-state index contributed by atoms with van der Waals surface area (Å²) >= 11 is 2.11. The first-order chi connectivity index (χ1) is 7.10. The SMILES string of the molecule is CCOC(=O)c1c(C)cc(I)cc1C#N. The Labute approximate surface area is 102 Å². The van der Waals surface area contributed by atoms with Gasteiger partial charge in [0.1, 0.15) is 6.07 Å². The molecule has 15 heavy (non-hydrogen) atoms. The Balaban J connectivity index is 3.28. The molecule has 0 radical (unpaired) electrons. The summed E-state index contributed by atoms with van der Waals surface area (Å²) in [6.07, 6.45) is 0. The molecule has 0 saturated carbocycles. The fourth-order valence-corrected chi connectivity index (χ4v) is 2.08. The van der Waals surface area contributed by atoms with Crippen molar-refractivity contribution in [3.05, 3.63) is 32.4 Å². The second-order valence-corrected chi connectivity index (χ2v) is 4.22. The highest BCUT2D eigenvalue weighted by Crippen LogP contribution is 2.19. The molecule has 0 heterocycles. The predicted octanol–water partition coefficient (Wildman–Crippen LogP) is 2.65. The van der Waals surface area contributed by atoms with Crippen molar-refractivity contribution in [2.24, 2.45) is 0 Å². The number of esters is 1. The Bertz CT molecular complexity index is 435. The van der Waals surface area contributed by atoms with Gasteiger partial charge in [-0.15, -0.1) is 0 Å². The number of ether oxygens (including phenoxy) is 1. The number of aryl methyl sites for hydroxylation is 1. The molecule has 1 aromatic rings. The van der Waals surface area contributed by atoms with Gasteiger partial charge in [0.15, 0.2) is 0 Å². The van der Waals surface area contributed by atoms with Gasteiger partial charge < -0.3 is 4.74 Å². The Morgan fingerprint density at radius 3 is 2.80 bits per heavy atom. The quantitative estimate of drug-likeness (QED) is 0.623. The van der Waals surface area contributed by atoms with Gasteiger partial charge in [0.25, 0.3) is 0 Å². The van der Waals surface area contributed by atoms with Crippen molar-refractivity contribution in [3.8, 4) is 6.07 Å². The average Bonchev–Trinajstić information content (AvgIpc) is 2.16. The van der Waals surface area contributed by atoms with Crippen LogP contribution in [0.3, 0.4) is 0 Å². The van der Waals surface area contributed by atoms with E-state index >= 15 is 0 Å². The molecule has 0 bridgehead atoms. The molecular formula is C11H10INO2. The molecule has 0 N–H and O–H groups in total. The first-order valence-corrected chi connectivity index (χ1v) is 5.55. The van der Waals surface area contributed by atoms with E-state index in [9.17, 15) is 4.79 Å². The molecule has 0 aromatic heterocycles. The number of rotatable bonds is 2. The third-order valence-electron chi connectivity index (χ3n) is 1.90. The molecule has 0 aliphatic carbocycles. The topological polar surface area (TPSA) is 50.1 Å². The minimum Gasteiger partial charge on any atom is -0.462 e. The van der Waals surface area contributed by atoms with Gasteiger partial charge in [-0.1, -0.05) is 0 Å². The number of nitrogens with zero attached hydrogens (tertiary/aromatic N) is 1. The predicted molar refractivity (Wildman–Crippen MR) is 64.6 cm³/mol. The summed E-state index contributed by atoms with van der Waals surface area (Å²) in [7, 11) is 0. The van der Waals surface area contributed by atoms with E-state index in [0.717, 1.165) is 9.13 Å². The van der Waals surface area contributed by atoms with Gasteiger partial charge in [0, 0.05) is 3.57 Å². The van der Waals surface area contributed by atoms with Crippen molar-refractivity contribution in [1.82, 2.24) is 0 Å². The first-order valence-electron chi connectivity index (χ1n) is 4.47. The van der Waals surface area contributed by atoms with Gasteiger partial charge in [0.05, 0.1) is 17.7 Å². The van der Waals surface area contributed by atoms with E-state index in [1.807, 2.05) is 12.1 Å². The van der Waals surface area contributed by atoms with E-state index in [-0.39, 0.29) is 0 Å². The summed E-state index contributed by atoms with van der Waals surface area (Å²) in [6.45, 7) is 3.86. The zero-order valence-electron chi connectivity index (χ0n) is 8.50. The molecule has 0 amide bonds. The normalized spacial score (nSPS) is 9.47. The molecule has 0 atom stereocenters. The third-order valence-corrected chi connectivity index (χ3v) is 2.52. The lowest BCUT2D eigenvalue weighted by Crippen LogP contribution is -2.09. The number of hydrogen-bond donors (Lipinski definition) is 0. The van der Waals surface area contributed by atoms with Gasteiger partial charge >= 0.3 is 5.97 Å². The molecule has 0 spiro atoms. The maximum absolute atomic E-state index is 11.6. The van der Waals surface area contributed by atoms with E-state index < -0.39 is 5.97 Å². The smallest absolute Gasteiger partial charge is 0.339 e. The Kier molecular flexibility index (Phi) is 4.09. The first kappa shape index (κ1) is 12.0. The van der Waals surface area contributed by atoms with Gasteiger partial charge in [-0.05, 0) is 54.1 Å². The maximum atomic E-state index is 11.6. The molecule has 1 aromatic carbocycles. The fraction of sp³-hybridized carbons (Fsp3) is 0.273. The summed E-state index contributed by atoms with van der Waals surface area (Å²) in [6, 6.07) is 5.55. The van der Waals surface area contributed by atoms with Crippen LogP contribution in [0.25, 0.3) is 0 Å². The van der Waals surface area contributed by atoms with Crippen LogP contribution in [0.15, 0.2) is 12.1 Å². The summed E-state index contributed by atoms with van der Waals surface area (Å²) in [5.41, 5.74) is 1.52. The van der Waals surface area contributed by atoms with Crippen LogP contribution in [-0.2, 0) is 4.74 Å². The third kappa shape index (κ3) is 2.69. The molecule has 0 saturated heterocycles. The molecule has 4 heteroatoms. The summed E-state index contributed by atoms with van der Waals surface area (Å²) in [5.74, 6) is -0.428. The lowest BCUT2D eigenvalue weighted by Gasteiger charge is -2.07. The molecule has 1 rings (SSSR count). The largest absolute Gasteiger partial charge is 0.462 e. The standard InChI is InChI=1S/C11H10INO2/c1-3-15-11(14)10-7(2)4-9(12)5-8(10)6-13/h4-5H,3H2,1-2H3. The number of benzene rings is 1. The Hall–Kier alpha value is -1.09. The summed E-state index contributed by atoms with van der Waals surface area (Å²) < 4.78 is 5.84. The number of nitriles is 1. The average molecular weight is 315 g/mol. The molecular weight excluding hydrogens is 305 g/mol. The van der Waals surface area contributed by atoms with Crippen LogP contribution in [0.4, 0.5) is 0 Å². The number of carbonyl (C=O) groups is 1. The molecule has 0 aliphatic rings. The second kappa shape index (κ2) is 5.12. The van der Waals surface area contributed by atoms with Gasteiger partial charge in [-0.25, -0.2) is 4.79 Å². The lowest BCUT2D eigenvalue weighted by molar-refractivity contribution is 0.0525. The maximum Gasteiger partial charge on any atom is 0.339 e. The van der Waals surface area contributed by atoms with Crippen LogP contribution in [0, 0.1) is 21.8 Å². The van der Waals surface area contributed by atoms with Gasteiger partial charge in [-0.3, -0.25) is 0 Å². The number of hydrogen-bond acceptors (Lipinski definition) is 3. The molecule has 78 valence electrons. The molecule has 3 nitrogen and oxygen atoms in total. The molecule has 0 unspecified atom stereocenters. The second-order valence-electron chi connectivity index (χ2n) is 2.98. The highest BCUT2D eigenvalue weighted by Gasteiger charge is 2.16. The summed E-state index contributed by atoms with van der Waals surface area (Å²) in [5, 5.41) is 8.92. The molecule has 0 aliphatic heterocycles.